The largest absolute Gasteiger partial charge is 0.354 e. The van der Waals surface area contributed by atoms with E-state index in [1.807, 2.05) is 6.92 Å². The Morgan fingerprint density at radius 3 is 2.79 bits per heavy atom. The molecule has 0 spiro atoms. The highest BCUT2D eigenvalue weighted by atomic mass is 35.5. The lowest BCUT2D eigenvalue weighted by molar-refractivity contribution is 0.617. The summed E-state index contributed by atoms with van der Waals surface area (Å²) in [7, 11) is 0. The topological polar surface area (TPSA) is 37.8 Å². The molecule has 0 atom stereocenters. The molecule has 0 bridgehead atoms. The molecule has 0 fully saturated rings. The molecule has 3 nitrogen and oxygen atoms in total. The predicted molar refractivity (Wildman–Crippen MR) is 71.2 cm³/mol. The van der Waals surface area contributed by atoms with E-state index in [9.17, 15) is 8.78 Å². The molecule has 100 valence electrons. The van der Waals surface area contributed by atoms with Crippen LogP contribution < -0.4 is 5.32 Å². The summed E-state index contributed by atoms with van der Waals surface area (Å²) >= 11 is 5.91. The molecule has 0 amide bonds. The average Bonchev–Trinajstić information content (AvgIpc) is 2.38. The van der Waals surface area contributed by atoms with Crippen molar-refractivity contribution in [1.29, 1.82) is 0 Å². The highest BCUT2D eigenvalue weighted by molar-refractivity contribution is 6.33. The van der Waals surface area contributed by atoms with Gasteiger partial charge in [-0.15, -0.1) is 0 Å². The van der Waals surface area contributed by atoms with Crippen LogP contribution in [0.1, 0.15) is 13.3 Å². The Labute approximate surface area is 114 Å². The van der Waals surface area contributed by atoms with Crippen molar-refractivity contribution in [2.45, 2.75) is 13.3 Å². The third-order valence-corrected chi connectivity index (χ3v) is 2.78. The lowest BCUT2D eigenvalue weighted by Gasteiger charge is -2.08. The normalized spacial score (nSPS) is 10.5. The Kier molecular flexibility index (Phi) is 4.27. The van der Waals surface area contributed by atoms with Gasteiger partial charge in [-0.3, -0.25) is 0 Å². The van der Waals surface area contributed by atoms with Gasteiger partial charge in [0, 0.05) is 12.1 Å². The molecule has 2 rings (SSSR count). The molecular weight excluding hydrogens is 272 g/mol. The summed E-state index contributed by atoms with van der Waals surface area (Å²) in [5.74, 6) is -0.762. The lowest BCUT2D eigenvalue weighted by atomic mass is 10.1. The number of aromatic nitrogens is 2. The number of benzene rings is 1. The number of hydrogen-bond donors (Lipinski definition) is 1. The first-order valence-electron chi connectivity index (χ1n) is 5.83. The van der Waals surface area contributed by atoms with Crippen LogP contribution in [0.4, 0.5) is 14.7 Å². The van der Waals surface area contributed by atoms with Gasteiger partial charge in [-0.2, -0.15) is 0 Å². The first kappa shape index (κ1) is 13.7. The summed E-state index contributed by atoms with van der Waals surface area (Å²) in [6.45, 7) is 2.68. The van der Waals surface area contributed by atoms with Crippen molar-refractivity contribution in [1.82, 2.24) is 9.97 Å². The second-order valence-corrected chi connectivity index (χ2v) is 4.35. The highest BCUT2D eigenvalue weighted by Crippen LogP contribution is 2.29. The first-order valence-corrected chi connectivity index (χ1v) is 6.21. The molecule has 19 heavy (non-hydrogen) atoms. The van der Waals surface area contributed by atoms with E-state index in [1.54, 1.807) is 0 Å². The minimum Gasteiger partial charge on any atom is -0.354 e. The van der Waals surface area contributed by atoms with Crippen LogP contribution in [0, 0.1) is 11.6 Å². The maximum atomic E-state index is 13.8. The summed E-state index contributed by atoms with van der Waals surface area (Å²) in [6, 6.07) is 3.73. The zero-order valence-corrected chi connectivity index (χ0v) is 11.0. The van der Waals surface area contributed by atoms with Gasteiger partial charge in [0.15, 0.2) is 5.82 Å². The molecule has 0 saturated heterocycles. The van der Waals surface area contributed by atoms with Gasteiger partial charge < -0.3 is 5.32 Å². The molecule has 0 aliphatic rings. The van der Waals surface area contributed by atoms with E-state index >= 15 is 0 Å². The Bertz CT molecular complexity index is 590. The number of anilines is 1. The highest BCUT2D eigenvalue weighted by Gasteiger charge is 2.13. The Morgan fingerprint density at radius 1 is 1.32 bits per heavy atom. The second kappa shape index (κ2) is 5.93. The number of nitrogens with one attached hydrogen (secondary N) is 1. The zero-order valence-electron chi connectivity index (χ0n) is 10.3. The Hall–Kier alpha value is -1.75. The molecule has 0 unspecified atom stereocenters. The molecule has 1 heterocycles. The smallest absolute Gasteiger partial charge is 0.223 e. The predicted octanol–water partition coefficient (Wildman–Crippen LogP) is 3.90. The second-order valence-electron chi connectivity index (χ2n) is 3.94. The Morgan fingerprint density at radius 2 is 2.11 bits per heavy atom. The van der Waals surface area contributed by atoms with E-state index < -0.39 is 11.6 Å². The third-order valence-electron chi connectivity index (χ3n) is 2.46. The fourth-order valence-corrected chi connectivity index (χ4v) is 1.82. The summed E-state index contributed by atoms with van der Waals surface area (Å²) in [5.41, 5.74) is 0.390. The zero-order chi connectivity index (χ0) is 13.8. The van der Waals surface area contributed by atoms with Gasteiger partial charge in [0.05, 0.1) is 11.2 Å². The van der Waals surface area contributed by atoms with Crippen LogP contribution in [0.3, 0.4) is 0 Å². The van der Waals surface area contributed by atoms with Crippen LogP contribution in [0.5, 0.6) is 0 Å². The fraction of sp³-hybridized carbons (Fsp3) is 0.231. The SMILES string of the molecule is CCCNc1ncc(F)c(-c2ccc(F)cc2Cl)n1. The van der Waals surface area contributed by atoms with Crippen LogP contribution >= 0.6 is 11.6 Å². The molecular formula is C13H12ClF2N3. The van der Waals surface area contributed by atoms with Gasteiger partial charge >= 0.3 is 0 Å². The van der Waals surface area contributed by atoms with Crippen molar-refractivity contribution in [3.8, 4) is 11.3 Å². The minimum atomic E-state index is -0.601. The summed E-state index contributed by atoms with van der Waals surface area (Å²) in [5, 5.41) is 3.07. The van der Waals surface area contributed by atoms with Gasteiger partial charge in [0.25, 0.3) is 0 Å². The summed E-state index contributed by atoms with van der Waals surface area (Å²) in [6.07, 6.45) is 1.97. The van der Waals surface area contributed by atoms with Gasteiger partial charge in [0.1, 0.15) is 11.5 Å². The van der Waals surface area contributed by atoms with E-state index in [0.717, 1.165) is 18.7 Å². The van der Waals surface area contributed by atoms with Crippen molar-refractivity contribution >= 4 is 17.5 Å². The van der Waals surface area contributed by atoms with Crippen molar-refractivity contribution in [2.24, 2.45) is 0 Å². The van der Waals surface area contributed by atoms with Crippen molar-refractivity contribution < 1.29 is 8.78 Å². The maximum Gasteiger partial charge on any atom is 0.223 e. The number of nitrogens with zero attached hydrogens (tertiary/aromatic N) is 2. The van der Waals surface area contributed by atoms with Crippen molar-refractivity contribution in [3.63, 3.8) is 0 Å². The Balaban J connectivity index is 2.42. The van der Waals surface area contributed by atoms with Gasteiger partial charge in [-0.05, 0) is 24.6 Å². The number of halogens is 3. The molecule has 6 heteroatoms. The van der Waals surface area contributed by atoms with Crippen LogP contribution in [0.2, 0.25) is 5.02 Å². The molecule has 2 aromatic rings. The molecule has 1 aromatic heterocycles. The molecule has 0 aliphatic heterocycles. The molecule has 1 N–H and O–H groups in total. The molecule has 0 aliphatic carbocycles. The molecule has 1 aromatic carbocycles. The maximum absolute atomic E-state index is 13.8. The van der Waals surface area contributed by atoms with Crippen LogP contribution in [0.15, 0.2) is 24.4 Å². The quantitative estimate of drug-likeness (QED) is 0.925. The van der Waals surface area contributed by atoms with Crippen molar-refractivity contribution in [2.75, 3.05) is 11.9 Å². The lowest BCUT2D eigenvalue weighted by Crippen LogP contribution is -2.06. The summed E-state index contributed by atoms with van der Waals surface area (Å²) < 4.78 is 26.7. The minimum absolute atomic E-state index is 0.0543. The van der Waals surface area contributed by atoms with E-state index in [4.69, 9.17) is 11.6 Å². The van der Waals surface area contributed by atoms with E-state index in [2.05, 4.69) is 15.3 Å². The number of hydrogen-bond acceptors (Lipinski definition) is 3. The van der Waals surface area contributed by atoms with Gasteiger partial charge in [0.2, 0.25) is 5.95 Å². The first-order chi connectivity index (χ1) is 9.11. The van der Waals surface area contributed by atoms with E-state index in [0.29, 0.717) is 18.1 Å². The van der Waals surface area contributed by atoms with Crippen LogP contribution in [-0.2, 0) is 0 Å². The fourth-order valence-electron chi connectivity index (χ4n) is 1.56. The van der Waals surface area contributed by atoms with Gasteiger partial charge in [-0.25, -0.2) is 18.7 Å². The standard InChI is InChI=1S/C13H12ClF2N3/c1-2-5-17-13-18-7-11(16)12(19-13)9-4-3-8(15)6-10(9)14/h3-4,6-7H,2,5H2,1H3,(H,17,18,19). The molecule has 0 radical (unpaired) electrons. The third kappa shape index (κ3) is 3.17. The van der Waals surface area contributed by atoms with E-state index in [1.165, 1.54) is 12.1 Å². The van der Waals surface area contributed by atoms with Crippen molar-refractivity contribution in [3.05, 3.63) is 41.1 Å². The monoisotopic (exact) mass is 283 g/mol. The van der Waals surface area contributed by atoms with Gasteiger partial charge in [-0.1, -0.05) is 18.5 Å². The van der Waals surface area contributed by atoms with E-state index in [-0.39, 0.29) is 10.7 Å². The van der Waals surface area contributed by atoms with Crippen LogP contribution in [-0.4, -0.2) is 16.5 Å². The van der Waals surface area contributed by atoms with Crippen LogP contribution in [0.25, 0.3) is 11.3 Å². The summed E-state index contributed by atoms with van der Waals surface area (Å²) in [4.78, 5) is 7.90. The number of rotatable bonds is 4. The average molecular weight is 284 g/mol. The molecule has 0 saturated carbocycles.